The fraction of sp³-hybridized carbons (Fsp3) is 1.00. The van der Waals surface area contributed by atoms with Crippen LogP contribution < -0.4 is 5.32 Å². The van der Waals surface area contributed by atoms with E-state index in [0.717, 1.165) is 13.2 Å². The van der Waals surface area contributed by atoms with E-state index in [0.29, 0.717) is 11.5 Å². The lowest BCUT2D eigenvalue weighted by Gasteiger charge is -2.42. The van der Waals surface area contributed by atoms with Gasteiger partial charge in [-0.1, -0.05) is 20.8 Å². The van der Waals surface area contributed by atoms with Crippen LogP contribution >= 0.6 is 11.8 Å². The predicted molar refractivity (Wildman–Crippen MR) is 71.1 cm³/mol. The summed E-state index contributed by atoms with van der Waals surface area (Å²) in [6.07, 6.45) is 3.77. The molecule has 16 heavy (non-hydrogen) atoms. The standard InChI is InChI=1S/C13H25NOS/c1-12(2,3)5-4-11-13(6-9-16-10-13)15-8-7-14-11/h11,14H,4-10H2,1-3H3. The van der Waals surface area contributed by atoms with Crippen molar-refractivity contribution >= 4 is 11.8 Å². The van der Waals surface area contributed by atoms with E-state index < -0.39 is 0 Å². The molecule has 0 aromatic rings. The van der Waals surface area contributed by atoms with E-state index in [9.17, 15) is 0 Å². The minimum absolute atomic E-state index is 0.161. The molecule has 2 heterocycles. The summed E-state index contributed by atoms with van der Waals surface area (Å²) in [6.45, 7) is 8.90. The molecule has 1 spiro atoms. The molecule has 0 saturated carbocycles. The summed E-state index contributed by atoms with van der Waals surface area (Å²) in [4.78, 5) is 0. The molecule has 2 aliphatic heterocycles. The Bertz CT molecular complexity index is 231. The summed E-state index contributed by atoms with van der Waals surface area (Å²) in [5, 5.41) is 3.69. The van der Waals surface area contributed by atoms with Gasteiger partial charge in [0.2, 0.25) is 0 Å². The van der Waals surface area contributed by atoms with Crippen LogP contribution in [0.2, 0.25) is 0 Å². The summed E-state index contributed by atoms with van der Waals surface area (Å²) in [5.74, 6) is 2.46. The monoisotopic (exact) mass is 243 g/mol. The lowest BCUT2D eigenvalue weighted by Crippen LogP contribution is -2.58. The third-order valence-corrected chi connectivity index (χ3v) is 4.90. The summed E-state index contributed by atoms with van der Waals surface area (Å²) < 4.78 is 6.12. The van der Waals surface area contributed by atoms with E-state index in [1.165, 1.54) is 30.8 Å². The number of ether oxygens (including phenoxy) is 1. The molecule has 2 rings (SSSR count). The van der Waals surface area contributed by atoms with E-state index in [4.69, 9.17) is 4.74 Å². The molecule has 2 saturated heterocycles. The zero-order valence-electron chi connectivity index (χ0n) is 10.8. The Balaban J connectivity index is 1.94. The average molecular weight is 243 g/mol. The average Bonchev–Trinajstić information content (AvgIpc) is 2.65. The van der Waals surface area contributed by atoms with Crippen LogP contribution in [0, 0.1) is 5.41 Å². The van der Waals surface area contributed by atoms with Crippen LogP contribution in [-0.2, 0) is 4.74 Å². The molecule has 0 aliphatic carbocycles. The van der Waals surface area contributed by atoms with Crippen LogP contribution in [0.5, 0.6) is 0 Å². The van der Waals surface area contributed by atoms with Gasteiger partial charge in [-0.15, -0.1) is 0 Å². The van der Waals surface area contributed by atoms with Crippen LogP contribution in [0.25, 0.3) is 0 Å². The normalized spacial score (nSPS) is 35.8. The molecular weight excluding hydrogens is 218 g/mol. The first kappa shape index (κ1) is 12.7. The van der Waals surface area contributed by atoms with E-state index in [1.54, 1.807) is 0 Å². The first-order valence-electron chi connectivity index (χ1n) is 6.47. The summed E-state index contributed by atoms with van der Waals surface area (Å²) in [6, 6.07) is 0.579. The highest BCUT2D eigenvalue weighted by molar-refractivity contribution is 7.99. The highest BCUT2D eigenvalue weighted by Gasteiger charge is 2.44. The van der Waals surface area contributed by atoms with Gasteiger partial charge in [0.05, 0.1) is 12.2 Å². The maximum absolute atomic E-state index is 6.12. The van der Waals surface area contributed by atoms with Crippen molar-refractivity contribution in [3.8, 4) is 0 Å². The Morgan fingerprint density at radius 3 is 2.88 bits per heavy atom. The van der Waals surface area contributed by atoms with Gasteiger partial charge in [-0.2, -0.15) is 11.8 Å². The second kappa shape index (κ2) is 4.87. The molecule has 0 radical (unpaired) electrons. The number of morpholine rings is 1. The maximum atomic E-state index is 6.12. The summed E-state index contributed by atoms with van der Waals surface area (Å²) >= 11 is 2.05. The van der Waals surface area contributed by atoms with Gasteiger partial charge >= 0.3 is 0 Å². The quantitative estimate of drug-likeness (QED) is 0.806. The summed E-state index contributed by atoms with van der Waals surface area (Å²) in [7, 11) is 0. The second-order valence-electron chi connectivity index (χ2n) is 6.32. The van der Waals surface area contributed by atoms with Crippen LogP contribution in [0.3, 0.4) is 0 Å². The van der Waals surface area contributed by atoms with Crippen molar-refractivity contribution in [1.29, 1.82) is 0 Å². The zero-order chi connectivity index (χ0) is 11.6. The molecule has 2 fully saturated rings. The minimum Gasteiger partial charge on any atom is -0.371 e. The van der Waals surface area contributed by atoms with Crippen LogP contribution in [0.15, 0.2) is 0 Å². The lowest BCUT2D eigenvalue weighted by molar-refractivity contribution is -0.0818. The maximum Gasteiger partial charge on any atom is 0.0932 e. The topological polar surface area (TPSA) is 21.3 Å². The van der Waals surface area contributed by atoms with E-state index in [-0.39, 0.29) is 5.60 Å². The Morgan fingerprint density at radius 2 is 2.25 bits per heavy atom. The Kier molecular flexibility index (Phi) is 3.87. The molecule has 2 atom stereocenters. The smallest absolute Gasteiger partial charge is 0.0932 e. The van der Waals surface area contributed by atoms with Gasteiger partial charge < -0.3 is 10.1 Å². The van der Waals surface area contributed by atoms with E-state index >= 15 is 0 Å². The molecular formula is C13H25NOS. The van der Waals surface area contributed by atoms with Crippen LogP contribution in [0.1, 0.15) is 40.0 Å². The van der Waals surface area contributed by atoms with E-state index in [1.807, 2.05) is 0 Å². The predicted octanol–water partition coefficient (Wildman–Crippen LogP) is 2.68. The third kappa shape index (κ3) is 2.93. The van der Waals surface area contributed by atoms with Gasteiger partial charge in [0.1, 0.15) is 0 Å². The van der Waals surface area contributed by atoms with Crippen LogP contribution in [-0.4, -0.2) is 36.3 Å². The van der Waals surface area contributed by atoms with Gasteiger partial charge in [0.15, 0.2) is 0 Å². The minimum atomic E-state index is 0.161. The van der Waals surface area contributed by atoms with Gasteiger partial charge in [-0.3, -0.25) is 0 Å². The first-order valence-corrected chi connectivity index (χ1v) is 7.62. The van der Waals surface area contributed by atoms with Crippen molar-refractivity contribution in [2.45, 2.75) is 51.7 Å². The Labute approximate surface area is 104 Å². The van der Waals surface area contributed by atoms with Gasteiger partial charge in [0.25, 0.3) is 0 Å². The highest BCUT2D eigenvalue weighted by atomic mass is 32.2. The molecule has 0 amide bonds. The van der Waals surface area contributed by atoms with Crippen molar-refractivity contribution in [2.24, 2.45) is 5.41 Å². The van der Waals surface area contributed by atoms with Gasteiger partial charge in [0, 0.05) is 18.3 Å². The molecule has 0 bridgehead atoms. The highest BCUT2D eigenvalue weighted by Crippen LogP contribution is 2.38. The molecule has 2 nitrogen and oxygen atoms in total. The summed E-state index contributed by atoms with van der Waals surface area (Å²) in [5.41, 5.74) is 0.597. The fourth-order valence-corrected chi connectivity index (χ4v) is 4.08. The Morgan fingerprint density at radius 1 is 1.44 bits per heavy atom. The number of rotatable bonds is 2. The molecule has 3 heteroatoms. The molecule has 0 aromatic carbocycles. The molecule has 0 aromatic heterocycles. The lowest BCUT2D eigenvalue weighted by atomic mass is 9.82. The van der Waals surface area contributed by atoms with Crippen molar-refractivity contribution < 1.29 is 4.74 Å². The largest absolute Gasteiger partial charge is 0.371 e. The molecule has 1 N–H and O–H groups in total. The van der Waals surface area contributed by atoms with E-state index in [2.05, 4.69) is 37.8 Å². The number of hydrogen-bond donors (Lipinski definition) is 1. The number of nitrogens with one attached hydrogen (secondary N) is 1. The molecule has 2 unspecified atom stereocenters. The van der Waals surface area contributed by atoms with Crippen LogP contribution in [0.4, 0.5) is 0 Å². The first-order chi connectivity index (χ1) is 7.52. The molecule has 2 aliphatic rings. The molecule has 94 valence electrons. The van der Waals surface area contributed by atoms with Crippen molar-refractivity contribution in [3.05, 3.63) is 0 Å². The fourth-order valence-electron chi connectivity index (χ4n) is 2.67. The van der Waals surface area contributed by atoms with Gasteiger partial charge in [-0.25, -0.2) is 0 Å². The number of hydrogen-bond acceptors (Lipinski definition) is 3. The van der Waals surface area contributed by atoms with Crippen molar-refractivity contribution in [1.82, 2.24) is 5.32 Å². The van der Waals surface area contributed by atoms with Crippen molar-refractivity contribution in [2.75, 3.05) is 24.7 Å². The zero-order valence-corrected chi connectivity index (χ0v) is 11.7. The Hall–Kier alpha value is 0.270. The van der Waals surface area contributed by atoms with Gasteiger partial charge in [-0.05, 0) is 30.4 Å². The second-order valence-corrected chi connectivity index (χ2v) is 7.43. The number of thioether (sulfide) groups is 1. The van der Waals surface area contributed by atoms with Crippen molar-refractivity contribution in [3.63, 3.8) is 0 Å². The SMILES string of the molecule is CC(C)(C)CCC1NCCOC12CCSC2. The third-order valence-electron chi connectivity index (χ3n) is 3.72.